The number of carbonyl (C=O) groups excluding carboxylic acids is 1. The van der Waals surface area contributed by atoms with E-state index in [1.54, 1.807) is 6.20 Å². The van der Waals surface area contributed by atoms with Crippen LogP contribution >= 0.6 is 0 Å². The zero-order valence-electron chi connectivity index (χ0n) is 16.5. The SMILES string of the molecule is CCCN(CCC)C(=O)c1cc(N(Cc2ccccc2)C(C)C)ccn1. The van der Waals surface area contributed by atoms with Gasteiger partial charge in [0, 0.05) is 37.6 Å². The van der Waals surface area contributed by atoms with Crippen LogP contribution < -0.4 is 4.90 Å². The van der Waals surface area contributed by atoms with Gasteiger partial charge in [-0.05, 0) is 44.4 Å². The van der Waals surface area contributed by atoms with Crippen molar-refractivity contribution in [2.45, 2.75) is 53.1 Å². The summed E-state index contributed by atoms with van der Waals surface area (Å²) in [7, 11) is 0. The molecule has 140 valence electrons. The van der Waals surface area contributed by atoms with Crippen LogP contribution in [0.5, 0.6) is 0 Å². The topological polar surface area (TPSA) is 36.4 Å². The van der Waals surface area contributed by atoms with Crippen molar-refractivity contribution >= 4 is 11.6 Å². The van der Waals surface area contributed by atoms with Gasteiger partial charge in [-0.15, -0.1) is 0 Å². The van der Waals surface area contributed by atoms with Gasteiger partial charge in [-0.1, -0.05) is 44.2 Å². The lowest BCUT2D eigenvalue weighted by atomic mass is 10.1. The zero-order chi connectivity index (χ0) is 18.9. The van der Waals surface area contributed by atoms with Crippen LogP contribution in [0.1, 0.15) is 56.6 Å². The van der Waals surface area contributed by atoms with E-state index in [9.17, 15) is 4.79 Å². The van der Waals surface area contributed by atoms with Crippen molar-refractivity contribution in [1.82, 2.24) is 9.88 Å². The van der Waals surface area contributed by atoms with Crippen molar-refractivity contribution < 1.29 is 4.79 Å². The van der Waals surface area contributed by atoms with E-state index in [1.807, 2.05) is 23.1 Å². The van der Waals surface area contributed by atoms with Gasteiger partial charge in [0.05, 0.1) is 0 Å². The first-order valence-electron chi connectivity index (χ1n) is 9.62. The molecule has 0 aliphatic heterocycles. The lowest BCUT2D eigenvalue weighted by molar-refractivity contribution is 0.0749. The molecule has 0 bridgehead atoms. The molecule has 26 heavy (non-hydrogen) atoms. The van der Waals surface area contributed by atoms with Gasteiger partial charge < -0.3 is 9.80 Å². The first-order chi connectivity index (χ1) is 12.6. The van der Waals surface area contributed by atoms with Crippen LogP contribution in [0.15, 0.2) is 48.7 Å². The second-order valence-corrected chi connectivity index (χ2v) is 6.90. The smallest absolute Gasteiger partial charge is 0.272 e. The first kappa shape index (κ1) is 20.0. The maximum Gasteiger partial charge on any atom is 0.272 e. The third-order valence-electron chi connectivity index (χ3n) is 4.39. The summed E-state index contributed by atoms with van der Waals surface area (Å²) in [5, 5.41) is 0. The van der Waals surface area contributed by atoms with Gasteiger partial charge in [0.2, 0.25) is 0 Å². The number of amides is 1. The first-order valence-corrected chi connectivity index (χ1v) is 9.62. The van der Waals surface area contributed by atoms with E-state index in [1.165, 1.54) is 5.56 Å². The largest absolute Gasteiger partial charge is 0.365 e. The van der Waals surface area contributed by atoms with Crippen LogP contribution in [0.4, 0.5) is 5.69 Å². The Bertz CT molecular complexity index is 679. The Hall–Kier alpha value is -2.36. The fraction of sp³-hybridized carbons (Fsp3) is 0.455. The van der Waals surface area contributed by atoms with Crippen LogP contribution in [0.3, 0.4) is 0 Å². The Morgan fingerprint density at radius 3 is 2.27 bits per heavy atom. The average Bonchev–Trinajstić information content (AvgIpc) is 2.66. The van der Waals surface area contributed by atoms with Gasteiger partial charge >= 0.3 is 0 Å². The molecular formula is C22H31N3O. The van der Waals surface area contributed by atoms with Crippen molar-refractivity contribution in [3.63, 3.8) is 0 Å². The maximum absolute atomic E-state index is 12.9. The highest BCUT2D eigenvalue weighted by Crippen LogP contribution is 2.21. The fourth-order valence-corrected chi connectivity index (χ4v) is 3.08. The molecule has 0 saturated carbocycles. The molecule has 2 aromatic rings. The van der Waals surface area contributed by atoms with Gasteiger partial charge in [-0.2, -0.15) is 0 Å². The molecule has 1 amide bonds. The Morgan fingerprint density at radius 2 is 1.69 bits per heavy atom. The second kappa shape index (κ2) is 9.95. The lowest BCUT2D eigenvalue weighted by Gasteiger charge is -2.29. The molecule has 0 unspecified atom stereocenters. The van der Waals surface area contributed by atoms with Crippen LogP contribution in [0.2, 0.25) is 0 Å². The van der Waals surface area contributed by atoms with Gasteiger partial charge in [-0.25, -0.2) is 0 Å². The third kappa shape index (κ3) is 5.32. The quantitative estimate of drug-likeness (QED) is 0.652. The van der Waals surface area contributed by atoms with E-state index in [0.29, 0.717) is 11.7 Å². The molecule has 1 heterocycles. The van der Waals surface area contributed by atoms with Crippen LogP contribution in [-0.4, -0.2) is 34.9 Å². The van der Waals surface area contributed by atoms with Gasteiger partial charge in [-0.3, -0.25) is 9.78 Å². The number of benzene rings is 1. The lowest BCUT2D eigenvalue weighted by Crippen LogP contribution is -2.34. The summed E-state index contributed by atoms with van der Waals surface area (Å²) in [4.78, 5) is 21.4. The molecule has 0 atom stereocenters. The summed E-state index contributed by atoms with van der Waals surface area (Å²) in [6.07, 6.45) is 3.66. The molecule has 0 saturated heterocycles. The molecule has 2 rings (SSSR count). The van der Waals surface area contributed by atoms with E-state index in [0.717, 1.165) is 38.2 Å². The van der Waals surface area contributed by atoms with Gasteiger partial charge in [0.1, 0.15) is 5.69 Å². The molecule has 0 aliphatic carbocycles. The number of rotatable bonds is 9. The number of carbonyl (C=O) groups is 1. The summed E-state index contributed by atoms with van der Waals surface area (Å²) in [5.41, 5.74) is 2.82. The normalized spacial score (nSPS) is 10.8. The van der Waals surface area contributed by atoms with Crippen molar-refractivity contribution in [3.05, 3.63) is 59.9 Å². The van der Waals surface area contributed by atoms with E-state index >= 15 is 0 Å². The summed E-state index contributed by atoms with van der Waals surface area (Å²) in [6.45, 7) is 10.9. The average molecular weight is 354 g/mol. The maximum atomic E-state index is 12.9. The summed E-state index contributed by atoms with van der Waals surface area (Å²) in [5.74, 6) is 0.0268. The minimum Gasteiger partial charge on any atom is -0.365 e. The number of pyridine rings is 1. The van der Waals surface area contributed by atoms with Gasteiger partial charge in [0.25, 0.3) is 5.91 Å². The number of hydrogen-bond acceptors (Lipinski definition) is 3. The Morgan fingerprint density at radius 1 is 1.04 bits per heavy atom. The molecule has 0 spiro atoms. The number of hydrogen-bond donors (Lipinski definition) is 0. The molecule has 1 aromatic carbocycles. The highest BCUT2D eigenvalue weighted by Gasteiger charge is 2.18. The third-order valence-corrected chi connectivity index (χ3v) is 4.39. The van der Waals surface area contributed by atoms with Crippen molar-refractivity contribution in [3.8, 4) is 0 Å². The Labute approximate surface area is 157 Å². The van der Waals surface area contributed by atoms with E-state index in [-0.39, 0.29) is 5.91 Å². The second-order valence-electron chi connectivity index (χ2n) is 6.90. The highest BCUT2D eigenvalue weighted by atomic mass is 16.2. The predicted molar refractivity (Wildman–Crippen MR) is 108 cm³/mol. The van der Waals surface area contributed by atoms with Gasteiger partial charge in [0.15, 0.2) is 0 Å². The standard InChI is InChI=1S/C22H31N3O/c1-5-14-24(15-6-2)22(26)21-16-20(12-13-23-21)25(18(3)4)17-19-10-8-7-9-11-19/h7-13,16,18H,5-6,14-15,17H2,1-4H3. The van der Waals surface area contributed by atoms with Crippen LogP contribution in [0, 0.1) is 0 Å². The van der Waals surface area contributed by atoms with E-state index < -0.39 is 0 Å². The Kier molecular flexibility index (Phi) is 7.64. The summed E-state index contributed by atoms with van der Waals surface area (Å²) in [6, 6.07) is 14.7. The zero-order valence-corrected chi connectivity index (χ0v) is 16.5. The molecule has 0 fully saturated rings. The fourth-order valence-electron chi connectivity index (χ4n) is 3.08. The number of nitrogens with zero attached hydrogens (tertiary/aromatic N) is 3. The summed E-state index contributed by atoms with van der Waals surface area (Å²) < 4.78 is 0. The highest BCUT2D eigenvalue weighted by molar-refractivity contribution is 5.93. The number of aromatic nitrogens is 1. The molecule has 0 radical (unpaired) electrons. The molecule has 1 aromatic heterocycles. The van der Waals surface area contributed by atoms with E-state index in [2.05, 4.69) is 61.8 Å². The van der Waals surface area contributed by atoms with E-state index in [4.69, 9.17) is 0 Å². The van der Waals surface area contributed by atoms with Crippen molar-refractivity contribution in [2.24, 2.45) is 0 Å². The minimum absolute atomic E-state index is 0.0268. The number of anilines is 1. The molecule has 0 N–H and O–H groups in total. The summed E-state index contributed by atoms with van der Waals surface area (Å²) >= 11 is 0. The monoisotopic (exact) mass is 353 g/mol. The predicted octanol–water partition coefficient (Wildman–Crippen LogP) is 4.76. The molecule has 4 nitrogen and oxygen atoms in total. The minimum atomic E-state index is 0.0268. The van der Waals surface area contributed by atoms with Crippen LogP contribution in [0.25, 0.3) is 0 Å². The Balaban J connectivity index is 2.25. The van der Waals surface area contributed by atoms with Crippen molar-refractivity contribution in [2.75, 3.05) is 18.0 Å². The molecule has 0 aliphatic rings. The molecule has 4 heteroatoms. The van der Waals surface area contributed by atoms with Crippen LogP contribution in [-0.2, 0) is 6.54 Å². The van der Waals surface area contributed by atoms with Crippen molar-refractivity contribution in [1.29, 1.82) is 0 Å². The molecular weight excluding hydrogens is 322 g/mol.